The van der Waals surface area contributed by atoms with Crippen molar-refractivity contribution in [3.05, 3.63) is 42.2 Å². The predicted octanol–water partition coefficient (Wildman–Crippen LogP) is 1.99. The van der Waals surface area contributed by atoms with Gasteiger partial charge in [0, 0.05) is 12.2 Å². The molecule has 19 heavy (non-hydrogen) atoms. The lowest BCUT2D eigenvalue weighted by molar-refractivity contribution is 0.619. The molecular formula is C12H15FN4S2. The van der Waals surface area contributed by atoms with Crippen LogP contribution in [0.2, 0.25) is 0 Å². The number of hydrogen-bond donors (Lipinski definition) is 4. The second-order valence-corrected chi connectivity index (χ2v) is 4.48. The van der Waals surface area contributed by atoms with Gasteiger partial charge < -0.3 is 10.6 Å². The van der Waals surface area contributed by atoms with Crippen LogP contribution in [0.4, 0.5) is 10.1 Å². The predicted molar refractivity (Wildman–Crippen MR) is 84.4 cm³/mol. The van der Waals surface area contributed by atoms with Crippen molar-refractivity contribution in [1.29, 1.82) is 0 Å². The van der Waals surface area contributed by atoms with Crippen LogP contribution in [0.3, 0.4) is 0 Å². The third-order valence-electron chi connectivity index (χ3n) is 2.13. The Kier molecular flexibility index (Phi) is 6.17. The summed E-state index contributed by atoms with van der Waals surface area (Å²) in [6.07, 6.45) is 1.68. The molecule has 1 aromatic rings. The Hall–Kier alpha value is -1.73. The van der Waals surface area contributed by atoms with Gasteiger partial charge in [-0.3, -0.25) is 10.9 Å². The van der Waals surface area contributed by atoms with Gasteiger partial charge in [-0.1, -0.05) is 12.1 Å². The van der Waals surface area contributed by atoms with Crippen molar-refractivity contribution < 1.29 is 4.39 Å². The highest BCUT2D eigenvalue weighted by molar-refractivity contribution is 7.80. The number of nitrogens with one attached hydrogen (secondary N) is 4. The lowest BCUT2D eigenvalue weighted by Crippen LogP contribution is -2.48. The fraction of sp³-hybridized carbons (Fsp3) is 0.167. The molecule has 0 aliphatic rings. The largest absolute Gasteiger partial charge is 0.358 e. The molecule has 0 aliphatic carbocycles. The summed E-state index contributed by atoms with van der Waals surface area (Å²) in [4.78, 5) is 0. The summed E-state index contributed by atoms with van der Waals surface area (Å²) < 4.78 is 13.3. The van der Waals surface area contributed by atoms with Crippen LogP contribution in [-0.2, 0) is 0 Å². The van der Waals surface area contributed by atoms with Crippen LogP contribution in [0.5, 0.6) is 0 Å². The first-order chi connectivity index (χ1) is 9.02. The van der Waals surface area contributed by atoms with E-state index in [0.29, 0.717) is 22.9 Å². The second kappa shape index (κ2) is 7.65. The molecule has 0 aromatic heterocycles. The van der Waals surface area contributed by atoms with E-state index in [1.54, 1.807) is 25.1 Å². The van der Waals surface area contributed by atoms with E-state index in [2.05, 4.69) is 28.1 Å². The molecule has 0 bridgehead atoms. The number of aryl methyl sites for hydroxylation is 1. The highest BCUT2D eigenvalue weighted by atomic mass is 32.1. The third kappa shape index (κ3) is 5.62. The Morgan fingerprint density at radius 2 is 2.00 bits per heavy atom. The SMILES string of the molecule is C=CCNC(=S)NNC(=S)Nc1ccc(C)c(F)c1. The highest BCUT2D eigenvalue weighted by Gasteiger charge is 2.01. The molecule has 0 aliphatic heterocycles. The van der Waals surface area contributed by atoms with Crippen molar-refractivity contribution in [2.75, 3.05) is 11.9 Å². The molecular weight excluding hydrogens is 283 g/mol. The van der Waals surface area contributed by atoms with E-state index in [-0.39, 0.29) is 10.9 Å². The first-order valence-corrected chi connectivity index (χ1v) is 6.32. The molecule has 0 saturated carbocycles. The van der Waals surface area contributed by atoms with E-state index in [1.807, 2.05) is 0 Å². The van der Waals surface area contributed by atoms with Crippen molar-refractivity contribution >= 4 is 40.3 Å². The van der Waals surface area contributed by atoms with Gasteiger partial charge in [-0.25, -0.2) is 4.39 Å². The Bertz CT molecular complexity index is 491. The van der Waals surface area contributed by atoms with Crippen LogP contribution in [0, 0.1) is 12.7 Å². The lowest BCUT2D eigenvalue weighted by atomic mass is 10.2. The van der Waals surface area contributed by atoms with Gasteiger partial charge in [0.1, 0.15) is 5.82 Å². The van der Waals surface area contributed by atoms with Gasteiger partial charge >= 0.3 is 0 Å². The average Bonchev–Trinajstić information content (AvgIpc) is 2.38. The molecule has 0 heterocycles. The van der Waals surface area contributed by atoms with Crippen molar-refractivity contribution in [3.63, 3.8) is 0 Å². The minimum absolute atomic E-state index is 0.283. The second-order valence-electron chi connectivity index (χ2n) is 3.67. The minimum Gasteiger partial charge on any atom is -0.358 e. The summed E-state index contributed by atoms with van der Waals surface area (Å²) in [5, 5.41) is 6.36. The zero-order valence-electron chi connectivity index (χ0n) is 10.4. The fourth-order valence-corrected chi connectivity index (χ4v) is 1.46. The van der Waals surface area contributed by atoms with Gasteiger partial charge in [0.05, 0.1) is 0 Å². The molecule has 0 amide bonds. The van der Waals surface area contributed by atoms with Gasteiger partial charge in [-0.15, -0.1) is 6.58 Å². The monoisotopic (exact) mass is 298 g/mol. The standard InChI is InChI=1S/C12H15FN4S2/c1-3-6-14-11(18)16-17-12(19)15-9-5-4-8(2)10(13)7-9/h3-5,7H,1,6H2,2H3,(H2,14,16,18)(H2,15,17,19). The summed E-state index contributed by atoms with van der Waals surface area (Å²) in [6.45, 7) is 5.80. The van der Waals surface area contributed by atoms with E-state index in [0.717, 1.165) is 0 Å². The van der Waals surface area contributed by atoms with Crippen molar-refractivity contribution in [2.45, 2.75) is 6.92 Å². The maximum atomic E-state index is 13.3. The highest BCUT2D eigenvalue weighted by Crippen LogP contribution is 2.13. The van der Waals surface area contributed by atoms with Crippen LogP contribution in [0.1, 0.15) is 5.56 Å². The molecule has 0 radical (unpaired) electrons. The Labute approximate surface area is 122 Å². The van der Waals surface area contributed by atoms with Crippen molar-refractivity contribution in [2.24, 2.45) is 0 Å². The molecule has 4 nitrogen and oxygen atoms in total. The van der Waals surface area contributed by atoms with E-state index < -0.39 is 0 Å². The quantitative estimate of drug-likeness (QED) is 0.389. The van der Waals surface area contributed by atoms with E-state index in [4.69, 9.17) is 24.4 Å². The average molecular weight is 298 g/mol. The van der Waals surface area contributed by atoms with Crippen LogP contribution in [-0.4, -0.2) is 16.8 Å². The number of anilines is 1. The van der Waals surface area contributed by atoms with Crippen LogP contribution in [0.25, 0.3) is 0 Å². The third-order valence-corrected chi connectivity index (χ3v) is 2.58. The fourth-order valence-electron chi connectivity index (χ4n) is 1.16. The molecule has 4 N–H and O–H groups in total. The Morgan fingerprint density at radius 3 is 2.63 bits per heavy atom. The maximum Gasteiger partial charge on any atom is 0.189 e. The van der Waals surface area contributed by atoms with Gasteiger partial charge in [-0.05, 0) is 49.1 Å². The number of hydrazine groups is 1. The molecule has 0 saturated heterocycles. The summed E-state index contributed by atoms with van der Waals surface area (Å²) in [6, 6.07) is 4.78. The zero-order chi connectivity index (χ0) is 14.3. The number of hydrogen-bond acceptors (Lipinski definition) is 2. The topological polar surface area (TPSA) is 48.1 Å². The molecule has 1 rings (SSSR count). The number of thiocarbonyl (C=S) groups is 2. The lowest BCUT2D eigenvalue weighted by Gasteiger charge is -2.13. The number of benzene rings is 1. The number of halogens is 1. The van der Waals surface area contributed by atoms with E-state index >= 15 is 0 Å². The first-order valence-electron chi connectivity index (χ1n) is 5.51. The zero-order valence-corrected chi connectivity index (χ0v) is 12.1. The molecule has 0 fully saturated rings. The van der Waals surface area contributed by atoms with Crippen LogP contribution >= 0.6 is 24.4 Å². The number of rotatable bonds is 3. The molecule has 7 heteroatoms. The maximum absolute atomic E-state index is 13.3. The normalized spacial score (nSPS) is 9.37. The molecule has 0 spiro atoms. The summed E-state index contributed by atoms with van der Waals surface area (Å²) in [7, 11) is 0. The summed E-state index contributed by atoms with van der Waals surface area (Å²) in [5.74, 6) is -0.288. The van der Waals surface area contributed by atoms with Crippen LogP contribution < -0.4 is 21.5 Å². The van der Waals surface area contributed by atoms with Gasteiger partial charge in [0.15, 0.2) is 10.2 Å². The Morgan fingerprint density at radius 1 is 1.32 bits per heavy atom. The van der Waals surface area contributed by atoms with Crippen molar-refractivity contribution in [3.8, 4) is 0 Å². The molecule has 0 unspecified atom stereocenters. The summed E-state index contributed by atoms with van der Waals surface area (Å²) >= 11 is 9.99. The Balaban J connectivity index is 2.40. The van der Waals surface area contributed by atoms with Crippen LogP contribution in [0.15, 0.2) is 30.9 Å². The smallest absolute Gasteiger partial charge is 0.189 e. The molecule has 1 aromatic carbocycles. The first kappa shape index (κ1) is 15.3. The van der Waals surface area contributed by atoms with Gasteiger partial charge in [-0.2, -0.15) is 0 Å². The van der Waals surface area contributed by atoms with Gasteiger partial charge in [0.2, 0.25) is 0 Å². The molecule has 102 valence electrons. The van der Waals surface area contributed by atoms with Gasteiger partial charge in [0.25, 0.3) is 0 Å². The van der Waals surface area contributed by atoms with E-state index in [1.165, 1.54) is 6.07 Å². The van der Waals surface area contributed by atoms with E-state index in [9.17, 15) is 4.39 Å². The minimum atomic E-state index is -0.288. The van der Waals surface area contributed by atoms with Crippen molar-refractivity contribution in [1.82, 2.24) is 16.2 Å². The molecule has 0 atom stereocenters. The summed E-state index contributed by atoms with van der Waals surface area (Å²) in [5.41, 5.74) is 6.52.